The van der Waals surface area contributed by atoms with Crippen molar-refractivity contribution in [3.63, 3.8) is 0 Å². The summed E-state index contributed by atoms with van der Waals surface area (Å²) in [6.45, 7) is -0.990. The smallest absolute Gasteiger partial charge is 0.300 e. The minimum Gasteiger partial charge on any atom is -0.366 e. The highest BCUT2D eigenvalue weighted by molar-refractivity contribution is 9.09. The van der Waals surface area contributed by atoms with Gasteiger partial charge in [-0.25, -0.2) is 0 Å². The Morgan fingerprint density at radius 3 is 2.19 bits per heavy atom. The third-order valence-electron chi connectivity index (χ3n) is 3.63. The molecule has 0 bridgehead atoms. The van der Waals surface area contributed by atoms with E-state index in [1.165, 1.54) is 0 Å². The Balaban J connectivity index is 3.26. The highest BCUT2D eigenvalue weighted by Crippen LogP contribution is 2.36. The first kappa shape index (κ1) is 26.6. The van der Waals surface area contributed by atoms with Gasteiger partial charge in [0.25, 0.3) is 37.5 Å². The Morgan fingerprint density at radius 1 is 1.13 bits per heavy atom. The van der Waals surface area contributed by atoms with Gasteiger partial charge in [-0.15, -0.1) is 0 Å². The summed E-state index contributed by atoms with van der Waals surface area (Å²) in [6.07, 6.45) is 0. The van der Waals surface area contributed by atoms with Crippen LogP contribution in [0, 0.1) is 20.2 Å². The summed E-state index contributed by atoms with van der Waals surface area (Å²) in [7, 11) is -8.92. The number of non-ortho nitro benzene ring substituents is 1. The molecule has 31 heavy (non-hydrogen) atoms. The van der Waals surface area contributed by atoms with Gasteiger partial charge in [0.15, 0.2) is 0 Å². The molecule has 0 atom stereocenters. The number of carbonyl (C=O) groups excluding carboxylic acids is 1. The van der Waals surface area contributed by atoms with Crippen molar-refractivity contribution in [2.24, 2.45) is 5.73 Å². The van der Waals surface area contributed by atoms with Crippen LogP contribution < -0.4 is 10.6 Å². The molecule has 0 saturated heterocycles. The fraction of sp³-hybridized carbons (Fsp3) is 0.462. The fourth-order valence-electron chi connectivity index (χ4n) is 2.35. The van der Waals surface area contributed by atoms with Crippen LogP contribution in [0.15, 0.2) is 12.1 Å². The molecule has 1 rings (SSSR count). The zero-order chi connectivity index (χ0) is 24.0. The van der Waals surface area contributed by atoms with Crippen molar-refractivity contribution in [3.8, 4) is 0 Å². The molecule has 0 saturated carbocycles. The lowest BCUT2D eigenvalue weighted by Crippen LogP contribution is -2.33. The van der Waals surface area contributed by atoms with Gasteiger partial charge >= 0.3 is 0 Å². The molecular formula is C13H17BrN4O11S2. The molecule has 0 heterocycles. The molecule has 1 aromatic carbocycles. The van der Waals surface area contributed by atoms with Crippen LogP contribution in [0.3, 0.4) is 0 Å². The average molecular weight is 549 g/mol. The van der Waals surface area contributed by atoms with Gasteiger partial charge in [-0.1, -0.05) is 15.9 Å². The van der Waals surface area contributed by atoms with Crippen LogP contribution >= 0.6 is 15.9 Å². The van der Waals surface area contributed by atoms with Crippen molar-refractivity contribution < 1.29 is 40.2 Å². The molecule has 0 fully saturated rings. The summed E-state index contributed by atoms with van der Waals surface area (Å²) in [5.41, 5.74) is 2.78. The van der Waals surface area contributed by atoms with E-state index in [0.717, 1.165) is 11.0 Å². The third kappa shape index (κ3) is 8.32. The number of amides is 1. The number of benzene rings is 1. The van der Waals surface area contributed by atoms with Gasteiger partial charge in [0, 0.05) is 24.5 Å². The maximum Gasteiger partial charge on any atom is 0.300 e. The third-order valence-corrected chi connectivity index (χ3v) is 6.20. The van der Waals surface area contributed by atoms with E-state index in [0.29, 0.717) is 6.07 Å². The highest BCUT2D eigenvalue weighted by atomic mass is 79.9. The lowest BCUT2D eigenvalue weighted by atomic mass is 10.1. The van der Waals surface area contributed by atoms with E-state index in [1.54, 1.807) is 0 Å². The van der Waals surface area contributed by atoms with Crippen molar-refractivity contribution in [1.29, 1.82) is 0 Å². The average Bonchev–Trinajstić information content (AvgIpc) is 2.64. The summed E-state index contributed by atoms with van der Waals surface area (Å²) >= 11 is 3.10. The van der Waals surface area contributed by atoms with Crippen molar-refractivity contribution in [1.82, 2.24) is 0 Å². The molecule has 0 spiro atoms. The molecule has 0 aliphatic rings. The predicted molar refractivity (Wildman–Crippen MR) is 110 cm³/mol. The summed E-state index contributed by atoms with van der Waals surface area (Å²) in [5.74, 6) is -3.32. The molecule has 3 N–H and O–H groups in total. The predicted octanol–water partition coefficient (Wildman–Crippen LogP) is 0.0374. The lowest BCUT2D eigenvalue weighted by molar-refractivity contribution is -0.393. The van der Waals surface area contributed by atoms with E-state index in [9.17, 15) is 41.9 Å². The molecule has 15 nitrogen and oxygen atoms in total. The number of halogens is 1. The first-order chi connectivity index (χ1) is 14.2. The number of nitrogens with two attached hydrogens (primary N) is 1. The molecule has 1 amide bonds. The summed E-state index contributed by atoms with van der Waals surface area (Å²) < 4.78 is 58.1. The number of carbonyl (C=O) groups is 1. The number of rotatable bonds is 13. The normalized spacial score (nSPS) is 11.8. The molecule has 0 aliphatic heterocycles. The van der Waals surface area contributed by atoms with Gasteiger partial charge in [-0.2, -0.15) is 16.8 Å². The van der Waals surface area contributed by atoms with Gasteiger partial charge in [0.2, 0.25) is 0 Å². The number of nitro groups is 2. The monoisotopic (exact) mass is 548 g/mol. The van der Waals surface area contributed by atoms with Crippen LogP contribution in [-0.4, -0.2) is 73.7 Å². The van der Waals surface area contributed by atoms with Gasteiger partial charge < -0.3 is 10.6 Å². The first-order valence-electron chi connectivity index (χ1n) is 8.08. The zero-order valence-corrected chi connectivity index (χ0v) is 18.8. The second-order valence-corrected chi connectivity index (χ2v) is 9.91. The highest BCUT2D eigenvalue weighted by Gasteiger charge is 2.30. The summed E-state index contributed by atoms with van der Waals surface area (Å²) in [4.78, 5) is 33.6. The summed E-state index contributed by atoms with van der Waals surface area (Å²) in [5, 5.41) is 22.7. The number of alkyl halides is 1. The molecule has 0 unspecified atom stereocenters. The second kappa shape index (κ2) is 10.8. The standard InChI is InChI=1S/C13H17BrN4O11S2/c14-1-2-16(3-4-29-31(27,28)6-5-30(24,25)26)12-10(13(15)19)7-9(17(20)21)8-11(12)18(22)23/h7-8H,1-6H2,(H2,15,19)(H,24,25,26). The van der Waals surface area contributed by atoms with Crippen LogP contribution in [0.25, 0.3) is 0 Å². The van der Waals surface area contributed by atoms with Crippen molar-refractivity contribution >= 4 is 59.1 Å². The minimum absolute atomic E-state index is 0.0205. The lowest BCUT2D eigenvalue weighted by Gasteiger charge is -2.25. The van der Waals surface area contributed by atoms with E-state index in [2.05, 4.69) is 20.1 Å². The second-order valence-electron chi connectivity index (χ2n) is 5.79. The number of nitrogens with zero attached hydrogens (tertiary/aromatic N) is 3. The van der Waals surface area contributed by atoms with Crippen LogP contribution in [0.2, 0.25) is 0 Å². The topological polar surface area (TPSA) is 230 Å². The van der Waals surface area contributed by atoms with Gasteiger partial charge in [-0.3, -0.25) is 33.8 Å². The maximum atomic E-state index is 11.8. The Morgan fingerprint density at radius 2 is 1.74 bits per heavy atom. The van der Waals surface area contributed by atoms with Gasteiger partial charge in [0.05, 0.1) is 39.6 Å². The molecule has 0 aliphatic carbocycles. The van der Waals surface area contributed by atoms with Crippen molar-refractivity contribution in [3.05, 3.63) is 37.9 Å². The number of anilines is 1. The zero-order valence-electron chi connectivity index (χ0n) is 15.5. The number of primary amides is 1. The van der Waals surface area contributed by atoms with Crippen LogP contribution in [0.4, 0.5) is 17.1 Å². The first-order valence-corrected chi connectivity index (χ1v) is 12.4. The Labute approximate surface area is 184 Å². The van der Waals surface area contributed by atoms with Crippen molar-refractivity contribution in [2.45, 2.75) is 0 Å². The van der Waals surface area contributed by atoms with Gasteiger partial charge in [-0.05, 0) is 0 Å². The summed E-state index contributed by atoms with van der Waals surface area (Å²) in [6, 6.07) is 1.39. The Bertz CT molecular complexity index is 1040. The van der Waals surface area contributed by atoms with Crippen LogP contribution in [0.1, 0.15) is 10.4 Å². The minimum atomic E-state index is -4.55. The van der Waals surface area contributed by atoms with Gasteiger partial charge in [0.1, 0.15) is 5.69 Å². The SMILES string of the molecule is NC(=O)c1cc([N+](=O)[O-])cc([N+](=O)[O-])c1N(CCBr)CCOS(=O)(=O)CCS(=O)(=O)O. The molecule has 1 aromatic rings. The molecule has 0 aromatic heterocycles. The number of hydrogen-bond acceptors (Lipinski definition) is 11. The Kier molecular flexibility index (Phi) is 9.24. The molecule has 0 radical (unpaired) electrons. The largest absolute Gasteiger partial charge is 0.366 e. The van der Waals surface area contributed by atoms with E-state index in [4.69, 9.17) is 10.3 Å². The maximum absolute atomic E-state index is 11.8. The molecule has 174 valence electrons. The van der Waals surface area contributed by atoms with Crippen molar-refractivity contribution in [2.75, 3.05) is 41.4 Å². The van der Waals surface area contributed by atoms with E-state index in [1.807, 2.05) is 0 Å². The van der Waals surface area contributed by atoms with E-state index in [-0.39, 0.29) is 24.1 Å². The molecular weight excluding hydrogens is 532 g/mol. The van der Waals surface area contributed by atoms with Crippen LogP contribution in [-0.2, 0) is 24.4 Å². The Hall–Kier alpha value is -2.41. The quantitative estimate of drug-likeness (QED) is 0.109. The fourth-order valence-corrected chi connectivity index (χ4v) is 4.88. The number of hydrogen-bond donors (Lipinski definition) is 2. The molecule has 18 heteroatoms. The number of nitro benzene ring substituents is 2. The van der Waals surface area contributed by atoms with Crippen LogP contribution in [0.5, 0.6) is 0 Å². The van der Waals surface area contributed by atoms with E-state index >= 15 is 0 Å². The van der Waals surface area contributed by atoms with E-state index < -0.39 is 71.0 Å².